The normalized spacial score (nSPS) is 11.7. The lowest BCUT2D eigenvalue weighted by atomic mass is 9.99. The number of nitrogens with one attached hydrogen (secondary N) is 1. The maximum absolute atomic E-state index is 13.8. The average molecular weight is 479 g/mol. The average Bonchev–Trinajstić information content (AvgIpc) is 2.93. The number of carbonyl (C=O) groups excluding carboxylic acids is 2. The Morgan fingerprint density at radius 1 is 0.778 bits per heavy atom. The first-order valence-corrected chi connectivity index (χ1v) is 12.8. The van der Waals surface area contributed by atoms with Crippen LogP contribution in [-0.4, -0.2) is 29.3 Å². The minimum absolute atomic E-state index is 0.0145. The second kappa shape index (κ2) is 12.7. The van der Waals surface area contributed by atoms with E-state index >= 15 is 0 Å². The molecule has 1 unspecified atom stereocenters. The van der Waals surface area contributed by atoms with Crippen molar-refractivity contribution in [1.82, 2.24) is 10.2 Å². The van der Waals surface area contributed by atoms with E-state index in [0.717, 1.165) is 23.1 Å². The zero-order valence-electron chi connectivity index (χ0n) is 20.9. The van der Waals surface area contributed by atoms with Gasteiger partial charge in [-0.3, -0.25) is 9.59 Å². The van der Waals surface area contributed by atoms with E-state index in [-0.39, 0.29) is 11.8 Å². The highest BCUT2D eigenvalue weighted by Crippen LogP contribution is 2.21. The Kier molecular flexibility index (Phi) is 8.87. The number of benzene rings is 4. The van der Waals surface area contributed by atoms with Gasteiger partial charge in [-0.15, -0.1) is 0 Å². The minimum Gasteiger partial charge on any atom is -0.354 e. The molecule has 0 aromatic heterocycles. The second-order valence-electron chi connectivity index (χ2n) is 9.14. The van der Waals surface area contributed by atoms with Crippen molar-refractivity contribution in [3.8, 4) is 0 Å². The Morgan fingerprint density at radius 3 is 2.14 bits per heavy atom. The Balaban J connectivity index is 1.61. The Labute approximate surface area is 214 Å². The predicted octanol–water partition coefficient (Wildman–Crippen LogP) is 5.94. The van der Waals surface area contributed by atoms with Gasteiger partial charge < -0.3 is 10.2 Å². The second-order valence-corrected chi connectivity index (χ2v) is 9.14. The van der Waals surface area contributed by atoms with Crippen molar-refractivity contribution in [2.75, 3.05) is 6.54 Å². The quantitative estimate of drug-likeness (QED) is 0.290. The number of carbonyl (C=O) groups is 2. The molecule has 0 aliphatic carbocycles. The molecule has 0 saturated heterocycles. The largest absolute Gasteiger partial charge is 0.354 e. The van der Waals surface area contributed by atoms with E-state index in [1.54, 1.807) is 4.90 Å². The minimum atomic E-state index is -0.584. The number of aryl methyl sites for hydroxylation is 1. The van der Waals surface area contributed by atoms with Gasteiger partial charge in [-0.1, -0.05) is 110 Å². The molecule has 4 heteroatoms. The fourth-order valence-corrected chi connectivity index (χ4v) is 4.60. The molecule has 0 radical (unpaired) electrons. The van der Waals surface area contributed by atoms with Crippen molar-refractivity contribution in [2.24, 2.45) is 0 Å². The van der Waals surface area contributed by atoms with Crippen molar-refractivity contribution >= 4 is 22.6 Å². The van der Waals surface area contributed by atoms with Gasteiger partial charge in [0.15, 0.2) is 0 Å². The van der Waals surface area contributed by atoms with Crippen LogP contribution in [0.5, 0.6) is 0 Å². The molecule has 4 aromatic carbocycles. The molecule has 0 aliphatic heterocycles. The molecule has 1 N–H and O–H groups in total. The molecular formula is C32H34N2O2. The maximum Gasteiger partial charge on any atom is 0.243 e. The van der Waals surface area contributed by atoms with Gasteiger partial charge in [0.25, 0.3) is 0 Å². The fourth-order valence-electron chi connectivity index (χ4n) is 4.60. The number of nitrogens with zero attached hydrogens (tertiary/aromatic N) is 1. The van der Waals surface area contributed by atoms with Crippen molar-refractivity contribution in [3.05, 3.63) is 120 Å². The van der Waals surface area contributed by atoms with E-state index in [9.17, 15) is 9.59 Å². The number of rotatable bonds is 11. The zero-order chi connectivity index (χ0) is 25.2. The van der Waals surface area contributed by atoms with E-state index in [4.69, 9.17) is 0 Å². The molecule has 0 saturated carbocycles. The third-order valence-corrected chi connectivity index (χ3v) is 6.50. The monoisotopic (exact) mass is 478 g/mol. The van der Waals surface area contributed by atoms with Crippen LogP contribution in [0.3, 0.4) is 0 Å². The van der Waals surface area contributed by atoms with Crippen molar-refractivity contribution in [1.29, 1.82) is 0 Å². The zero-order valence-corrected chi connectivity index (χ0v) is 20.9. The lowest BCUT2D eigenvalue weighted by Gasteiger charge is -2.31. The van der Waals surface area contributed by atoms with Crippen LogP contribution in [0.25, 0.3) is 10.8 Å². The molecule has 0 aliphatic rings. The Hall–Kier alpha value is -3.92. The Morgan fingerprint density at radius 2 is 1.42 bits per heavy atom. The smallest absolute Gasteiger partial charge is 0.243 e. The topological polar surface area (TPSA) is 49.4 Å². The molecule has 1 atom stereocenters. The van der Waals surface area contributed by atoms with E-state index in [1.807, 2.05) is 85.8 Å². The van der Waals surface area contributed by atoms with Crippen LogP contribution in [0.15, 0.2) is 103 Å². The fraction of sp³-hybridized carbons (Fsp3) is 0.250. The summed E-state index contributed by atoms with van der Waals surface area (Å²) < 4.78 is 0. The molecule has 4 aromatic rings. The first-order valence-electron chi connectivity index (χ1n) is 12.8. The maximum atomic E-state index is 13.8. The first kappa shape index (κ1) is 25.2. The molecule has 2 amide bonds. The van der Waals surface area contributed by atoms with Crippen LogP contribution < -0.4 is 5.32 Å². The van der Waals surface area contributed by atoms with Gasteiger partial charge >= 0.3 is 0 Å². The van der Waals surface area contributed by atoms with Gasteiger partial charge in [0, 0.05) is 25.9 Å². The van der Waals surface area contributed by atoms with Gasteiger partial charge in [-0.25, -0.2) is 0 Å². The van der Waals surface area contributed by atoms with Crippen molar-refractivity contribution < 1.29 is 9.59 Å². The van der Waals surface area contributed by atoms with E-state index in [0.29, 0.717) is 32.4 Å². The summed E-state index contributed by atoms with van der Waals surface area (Å²) in [5, 5.41) is 5.38. The highest BCUT2D eigenvalue weighted by molar-refractivity contribution is 5.89. The third kappa shape index (κ3) is 6.60. The van der Waals surface area contributed by atoms with Crippen LogP contribution in [0.2, 0.25) is 0 Å². The number of hydrogen-bond acceptors (Lipinski definition) is 2. The molecule has 4 nitrogen and oxygen atoms in total. The molecule has 0 bridgehead atoms. The highest BCUT2D eigenvalue weighted by Gasteiger charge is 2.30. The van der Waals surface area contributed by atoms with Crippen molar-refractivity contribution in [2.45, 2.75) is 45.2 Å². The summed E-state index contributed by atoms with van der Waals surface area (Å²) in [6.07, 6.45) is 2.29. The SMILES string of the molecule is CCCNC(=O)C(Cc1ccccc1)N(Cc1ccccc1)C(=O)CCc1cccc2ccccc12. The molecule has 36 heavy (non-hydrogen) atoms. The molecule has 0 spiro atoms. The lowest BCUT2D eigenvalue weighted by molar-refractivity contribution is -0.141. The third-order valence-electron chi connectivity index (χ3n) is 6.50. The molecule has 4 rings (SSSR count). The summed E-state index contributed by atoms with van der Waals surface area (Å²) in [5.74, 6) is -0.116. The first-order chi connectivity index (χ1) is 17.7. The Bertz CT molecular complexity index is 1270. The van der Waals surface area contributed by atoms with E-state index < -0.39 is 6.04 Å². The lowest BCUT2D eigenvalue weighted by Crippen LogP contribution is -2.50. The summed E-state index contributed by atoms with van der Waals surface area (Å²) in [6, 6.07) is 33.8. The van der Waals surface area contributed by atoms with Gasteiger partial charge in [-0.05, 0) is 40.3 Å². The van der Waals surface area contributed by atoms with E-state index in [1.165, 1.54) is 10.8 Å². The van der Waals surface area contributed by atoms with Gasteiger partial charge in [0.05, 0.1) is 0 Å². The number of hydrogen-bond donors (Lipinski definition) is 1. The molecule has 0 heterocycles. The van der Waals surface area contributed by atoms with E-state index in [2.05, 4.69) is 29.6 Å². The summed E-state index contributed by atoms with van der Waals surface area (Å²) in [6.45, 7) is 3.02. The summed E-state index contributed by atoms with van der Waals surface area (Å²) in [7, 11) is 0. The molecule has 0 fully saturated rings. The van der Waals surface area contributed by atoms with Crippen LogP contribution >= 0.6 is 0 Å². The predicted molar refractivity (Wildman–Crippen MR) is 146 cm³/mol. The summed E-state index contributed by atoms with van der Waals surface area (Å²) >= 11 is 0. The molecular weight excluding hydrogens is 444 g/mol. The van der Waals surface area contributed by atoms with Crippen LogP contribution in [-0.2, 0) is 29.0 Å². The summed E-state index contributed by atoms with van der Waals surface area (Å²) in [5.41, 5.74) is 3.20. The summed E-state index contributed by atoms with van der Waals surface area (Å²) in [4.78, 5) is 29.0. The highest BCUT2D eigenvalue weighted by atomic mass is 16.2. The standard InChI is InChI=1S/C32H34N2O2/c1-2-22-33-32(36)30(23-25-12-5-3-6-13-25)34(24-26-14-7-4-8-15-26)31(35)21-20-28-18-11-17-27-16-9-10-19-29(27)28/h3-19,30H,2,20-24H2,1H3,(H,33,36). The van der Waals surface area contributed by atoms with Crippen LogP contribution in [0.1, 0.15) is 36.5 Å². The van der Waals surface area contributed by atoms with Gasteiger partial charge in [0.2, 0.25) is 11.8 Å². The number of amides is 2. The van der Waals surface area contributed by atoms with Gasteiger partial charge in [-0.2, -0.15) is 0 Å². The van der Waals surface area contributed by atoms with Gasteiger partial charge in [0.1, 0.15) is 6.04 Å². The van der Waals surface area contributed by atoms with Crippen LogP contribution in [0.4, 0.5) is 0 Å². The molecule has 184 valence electrons. The van der Waals surface area contributed by atoms with Crippen LogP contribution in [0, 0.1) is 0 Å². The number of fused-ring (bicyclic) bond motifs is 1. The van der Waals surface area contributed by atoms with Crippen molar-refractivity contribution in [3.63, 3.8) is 0 Å².